The van der Waals surface area contributed by atoms with Gasteiger partial charge >= 0.3 is 0 Å². The third-order valence-corrected chi connectivity index (χ3v) is 5.21. The van der Waals surface area contributed by atoms with Crippen LogP contribution in [-0.4, -0.2) is 0 Å². The molecule has 0 radical (unpaired) electrons. The molecule has 0 nitrogen and oxygen atoms in total. The molecule has 0 aromatic heterocycles. The average molecular weight is 479 g/mol. The molecule has 0 unspecified atom stereocenters. The van der Waals surface area contributed by atoms with E-state index in [4.69, 9.17) is 11.6 Å². The van der Waals surface area contributed by atoms with Crippen LogP contribution in [0.3, 0.4) is 0 Å². The van der Waals surface area contributed by atoms with Crippen molar-refractivity contribution in [2.24, 2.45) is 0 Å². The molecule has 0 heterocycles. The van der Waals surface area contributed by atoms with Gasteiger partial charge in [-0.05, 0) is 29.7 Å². The van der Waals surface area contributed by atoms with Gasteiger partial charge in [-0.3, -0.25) is 0 Å². The largest absolute Gasteiger partial charge is 0.209 e. The summed E-state index contributed by atoms with van der Waals surface area (Å²) in [6, 6.07) is 12.7. The van der Waals surface area contributed by atoms with Gasteiger partial charge in [-0.25, -0.2) is 26.3 Å². The summed E-state index contributed by atoms with van der Waals surface area (Å²) in [5.41, 5.74) is 0.550. The van der Waals surface area contributed by atoms with E-state index in [-0.39, 0.29) is 17.5 Å². The highest BCUT2D eigenvalue weighted by Gasteiger charge is 2.16. The van der Waals surface area contributed by atoms with Crippen LogP contribution >= 0.6 is 11.6 Å². The number of hydrogen-bond acceptors (Lipinski definition) is 0. The first-order valence-electron chi connectivity index (χ1n) is 9.79. The lowest BCUT2D eigenvalue weighted by molar-refractivity contribution is 0.566. The van der Waals surface area contributed by atoms with Crippen LogP contribution in [0.1, 0.15) is 29.5 Å². The summed E-state index contributed by atoms with van der Waals surface area (Å²) in [5.74, 6) is -6.98. The van der Waals surface area contributed by atoms with Crippen LogP contribution in [0.15, 0.2) is 79.1 Å². The van der Waals surface area contributed by atoms with Crippen LogP contribution in [0.25, 0.3) is 28.6 Å². The number of allylic oxidation sites excluding steroid dienone is 2. The second kappa shape index (κ2) is 10.6. The van der Waals surface area contributed by atoms with Gasteiger partial charge in [-0.15, -0.1) is 6.58 Å². The fourth-order valence-corrected chi connectivity index (χ4v) is 3.16. The maximum atomic E-state index is 14.6. The van der Waals surface area contributed by atoms with Crippen LogP contribution in [0, 0.1) is 11.6 Å². The number of halogens is 7. The Morgan fingerprint density at radius 3 is 1.58 bits per heavy atom. The van der Waals surface area contributed by atoms with E-state index in [1.165, 1.54) is 42.5 Å². The van der Waals surface area contributed by atoms with Crippen molar-refractivity contribution in [1.29, 1.82) is 0 Å². The van der Waals surface area contributed by atoms with Crippen LogP contribution < -0.4 is 0 Å². The molecule has 0 bridgehead atoms. The molecule has 0 amide bonds. The fourth-order valence-electron chi connectivity index (χ4n) is 3.05. The first kappa shape index (κ1) is 24.4. The average Bonchev–Trinajstić information content (AvgIpc) is 2.84. The Hall–Kier alpha value is -3.25. The predicted octanol–water partition coefficient (Wildman–Crippen LogP) is 9.62. The zero-order valence-electron chi connectivity index (χ0n) is 17.1. The maximum Gasteiger partial charge on any atom is 0.166 e. The Balaban J connectivity index is 1.84. The molecule has 0 aliphatic heterocycles. The molecule has 0 aliphatic carbocycles. The van der Waals surface area contributed by atoms with E-state index in [0.29, 0.717) is 29.7 Å². The minimum absolute atomic E-state index is 0.0791. The van der Waals surface area contributed by atoms with E-state index in [2.05, 4.69) is 6.58 Å². The molecule has 33 heavy (non-hydrogen) atoms. The second-order valence-electron chi connectivity index (χ2n) is 7.08. The zero-order chi connectivity index (χ0) is 24.1. The Kier molecular flexibility index (Phi) is 7.82. The van der Waals surface area contributed by atoms with Crippen molar-refractivity contribution in [3.63, 3.8) is 0 Å². The third kappa shape index (κ3) is 5.57. The molecule has 0 atom stereocenters. The molecule has 0 spiro atoms. The highest BCUT2D eigenvalue weighted by Crippen LogP contribution is 2.33. The second-order valence-corrected chi connectivity index (χ2v) is 7.46. The SMILES string of the molecule is C=CCC/C(F)=C(\F)c1ccc(-c2ccc(/C(F)=C(\F)c3cc(F)c(Cl)c(F)c3)cc2)cc1. The monoisotopic (exact) mass is 478 g/mol. The smallest absolute Gasteiger partial charge is 0.166 e. The summed E-state index contributed by atoms with van der Waals surface area (Å²) >= 11 is 5.36. The van der Waals surface area contributed by atoms with E-state index < -0.39 is 45.5 Å². The molecule has 3 aromatic rings. The van der Waals surface area contributed by atoms with Crippen molar-refractivity contribution >= 4 is 29.1 Å². The van der Waals surface area contributed by atoms with Crippen LogP contribution in [-0.2, 0) is 0 Å². The predicted molar refractivity (Wildman–Crippen MR) is 121 cm³/mol. The number of benzene rings is 3. The molecular weight excluding hydrogens is 462 g/mol. The van der Waals surface area contributed by atoms with Crippen molar-refractivity contribution in [3.8, 4) is 11.1 Å². The lowest BCUT2D eigenvalue weighted by atomic mass is 10.0. The van der Waals surface area contributed by atoms with Gasteiger partial charge in [-0.2, -0.15) is 0 Å². The molecular formula is C26H17ClF6. The summed E-state index contributed by atoms with van der Waals surface area (Å²) in [5, 5.41) is -0.808. The zero-order valence-corrected chi connectivity index (χ0v) is 17.9. The molecule has 0 aliphatic rings. The molecule has 0 saturated carbocycles. The number of rotatable bonds is 7. The third-order valence-electron chi connectivity index (χ3n) is 4.85. The van der Waals surface area contributed by atoms with E-state index in [1.54, 1.807) is 12.1 Å². The summed E-state index contributed by atoms with van der Waals surface area (Å²) in [4.78, 5) is 0. The highest BCUT2D eigenvalue weighted by atomic mass is 35.5. The van der Waals surface area contributed by atoms with Gasteiger partial charge in [0.25, 0.3) is 0 Å². The van der Waals surface area contributed by atoms with E-state index >= 15 is 0 Å². The summed E-state index contributed by atoms with van der Waals surface area (Å²) in [7, 11) is 0. The van der Waals surface area contributed by atoms with Crippen LogP contribution in [0.2, 0.25) is 5.02 Å². The normalized spacial score (nSPS) is 12.8. The molecule has 170 valence electrons. The summed E-state index contributed by atoms with van der Waals surface area (Å²) in [6.07, 6.45) is 1.73. The fraction of sp³-hybridized carbons (Fsp3) is 0.0769. The minimum Gasteiger partial charge on any atom is -0.209 e. The van der Waals surface area contributed by atoms with Crippen LogP contribution in [0.4, 0.5) is 26.3 Å². The lowest BCUT2D eigenvalue weighted by Crippen LogP contribution is -1.90. The minimum atomic E-state index is -1.44. The van der Waals surface area contributed by atoms with E-state index in [9.17, 15) is 26.3 Å². The Bertz CT molecular complexity index is 1200. The van der Waals surface area contributed by atoms with Crippen molar-refractivity contribution in [1.82, 2.24) is 0 Å². The van der Waals surface area contributed by atoms with Crippen molar-refractivity contribution in [3.05, 3.63) is 112 Å². The van der Waals surface area contributed by atoms with Gasteiger partial charge in [0, 0.05) is 23.1 Å². The summed E-state index contributed by atoms with van der Waals surface area (Å²) < 4.78 is 84.1. The quantitative estimate of drug-likeness (QED) is 0.137. The Morgan fingerprint density at radius 1 is 0.697 bits per heavy atom. The van der Waals surface area contributed by atoms with Crippen molar-refractivity contribution in [2.45, 2.75) is 12.8 Å². The first-order valence-corrected chi connectivity index (χ1v) is 10.2. The molecule has 3 rings (SSSR count). The van der Waals surface area contributed by atoms with Gasteiger partial charge < -0.3 is 0 Å². The molecule has 7 heteroatoms. The summed E-state index contributed by atoms with van der Waals surface area (Å²) in [6.45, 7) is 3.47. The van der Waals surface area contributed by atoms with Crippen LogP contribution in [0.5, 0.6) is 0 Å². The topological polar surface area (TPSA) is 0 Å². The molecule has 0 fully saturated rings. The van der Waals surface area contributed by atoms with Crippen molar-refractivity contribution in [2.75, 3.05) is 0 Å². The first-order chi connectivity index (χ1) is 15.7. The molecule has 3 aromatic carbocycles. The van der Waals surface area contributed by atoms with Gasteiger partial charge in [-0.1, -0.05) is 66.2 Å². The van der Waals surface area contributed by atoms with Crippen molar-refractivity contribution < 1.29 is 26.3 Å². The molecule has 0 N–H and O–H groups in total. The van der Waals surface area contributed by atoms with E-state index in [0.717, 1.165) is 0 Å². The molecule has 0 saturated heterocycles. The van der Waals surface area contributed by atoms with E-state index in [1.807, 2.05) is 0 Å². The Morgan fingerprint density at radius 2 is 1.12 bits per heavy atom. The lowest BCUT2D eigenvalue weighted by Gasteiger charge is -2.07. The standard InChI is InChI=1S/C26H17ClF6/c1-2-3-4-20(28)24(31)17-9-5-15(6-10-17)16-7-11-18(12-8-16)25(32)26(33)19-13-21(29)23(27)22(30)14-19/h2,5-14H,1,3-4H2/b24-20+,26-25+. The van der Waals surface area contributed by atoms with Gasteiger partial charge in [0.05, 0.1) is 0 Å². The van der Waals surface area contributed by atoms with Gasteiger partial charge in [0.2, 0.25) is 0 Å². The maximum absolute atomic E-state index is 14.6. The highest BCUT2D eigenvalue weighted by molar-refractivity contribution is 6.30. The Labute approximate surface area is 192 Å². The number of hydrogen-bond donors (Lipinski definition) is 0. The van der Waals surface area contributed by atoms with Gasteiger partial charge in [0.1, 0.15) is 22.5 Å². The van der Waals surface area contributed by atoms with Gasteiger partial charge in [0.15, 0.2) is 17.5 Å².